The quantitative estimate of drug-likeness (QED) is 0.819. The molecule has 0 unspecified atom stereocenters. The van der Waals surface area contributed by atoms with E-state index in [0.717, 1.165) is 0 Å². The SMILES string of the molecule is O=C(Nc1c(O)ccc(Cl)c1Cl)c1ccccc1. The molecule has 92 valence electrons. The standard InChI is InChI=1S/C13H9Cl2NO2/c14-9-6-7-10(17)12(11(9)15)16-13(18)8-4-2-1-3-5-8/h1-7,17H,(H,16,18). The maximum atomic E-state index is 11.9. The largest absolute Gasteiger partial charge is 0.506 e. The first-order chi connectivity index (χ1) is 8.59. The Balaban J connectivity index is 2.30. The number of hydrogen-bond acceptors (Lipinski definition) is 2. The Kier molecular flexibility index (Phi) is 3.75. The molecule has 0 saturated heterocycles. The minimum Gasteiger partial charge on any atom is -0.506 e. The molecule has 0 aliphatic rings. The maximum Gasteiger partial charge on any atom is 0.255 e. The monoisotopic (exact) mass is 281 g/mol. The Labute approximate surface area is 114 Å². The van der Waals surface area contributed by atoms with E-state index < -0.39 is 0 Å². The fourth-order valence-corrected chi connectivity index (χ4v) is 1.80. The van der Waals surface area contributed by atoms with E-state index in [1.54, 1.807) is 30.3 Å². The van der Waals surface area contributed by atoms with Gasteiger partial charge in [0.05, 0.1) is 10.0 Å². The number of hydrogen-bond donors (Lipinski definition) is 2. The van der Waals surface area contributed by atoms with Gasteiger partial charge in [-0.05, 0) is 24.3 Å². The van der Waals surface area contributed by atoms with Gasteiger partial charge < -0.3 is 10.4 Å². The summed E-state index contributed by atoms with van der Waals surface area (Å²) in [5.74, 6) is -0.497. The van der Waals surface area contributed by atoms with E-state index in [1.165, 1.54) is 12.1 Å². The van der Waals surface area contributed by atoms with E-state index in [2.05, 4.69) is 5.32 Å². The zero-order valence-electron chi connectivity index (χ0n) is 9.15. The zero-order valence-corrected chi connectivity index (χ0v) is 10.7. The average molecular weight is 282 g/mol. The van der Waals surface area contributed by atoms with Crippen LogP contribution in [0.25, 0.3) is 0 Å². The second-order valence-electron chi connectivity index (χ2n) is 3.58. The Morgan fingerprint density at radius 1 is 1.06 bits per heavy atom. The summed E-state index contributed by atoms with van der Waals surface area (Å²) in [5, 5.41) is 12.6. The molecular weight excluding hydrogens is 273 g/mol. The van der Waals surface area contributed by atoms with Crippen molar-refractivity contribution in [2.45, 2.75) is 0 Å². The van der Waals surface area contributed by atoms with Crippen LogP contribution in [0, 0.1) is 0 Å². The highest BCUT2D eigenvalue weighted by Gasteiger charge is 2.14. The molecule has 0 saturated carbocycles. The first-order valence-corrected chi connectivity index (χ1v) is 5.88. The van der Waals surface area contributed by atoms with Crippen molar-refractivity contribution in [1.29, 1.82) is 0 Å². The number of benzene rings is 2. The highest BCUT2D eigenvalue weighted by Crippen LogP contribution is 2.37. The van der Waals surface area contributed by atoms with Crippen LogP contribution in [0.4, 0.5) is 5.69 Å². The van der Waals surface area contributed by atoms with Crippen LogP contribution >= 0.6 is 23.2 Å². The number of phenols is 1. The average Bonchev–Trinajstić information content (AvgIpc) is 2.40. The first kappa shape index (κ1) is 12.7. The lowest BCUT2D eigenvalue weighted by atomic mass is 10.2. The minimum atomic E-state index is -0.366. The summed E-state index contributed by atoms with van der Waals surface area (Å²) in [6.07, 6.45) is 0. The van der Waals surface area contributed by atoms with Crippen LogP contribution < -0.4 is 5.32 Å². The van der Waals surface area contributed by atoms with Gasteiger partial charge in [0.15, 0.2) is 0 Å². The van der Waals surface area contributed by atoms with Crippen molar-refractivity contribution < 1.29 is 9.90 Å². The predicted octanol–water partition coefficient (Wildman–Crippen LogP) is 3.95. The Hall–Kier alpha value is -1.71. The van der Waals surface area contributed by atoms with Gasteiger partial charge in [-0.3, -0.25) is 4.79 Å². The predicted molar refractivity (Wildman–Crippen MR) is 72.5 cm³/mol. The van der Waals surface area contributed by atoms with Gasteiger partial charge in [-0.1, -0.05) is 41.4 Å². The van der Waals surface area contributed by atoms with Crippen LogP contribution in [0.3, 0.4) is 0 Å². The van der Waals surface area contributed by atoms with Crippen LogP contribution in [0.2, 0.25) is 10.0 Å². The van der Waals surface area contributed by atoms with Gasteiger partial charge >= 0.3 is 0 Å². The smallest absolute Gasteiger partial charge is 0.255 e. The highest BCUT2D eigenvalue weighted by atomic mass is 35.5. The van der Waals surface area contributed by atoms with Gasteiger partial charge in [0.1, 0.15) is 11.4 Å². The fraction of sp³-hybridized carbons (Fsp3) is 0. The molecule has 0 spiro atoms. The van der Waals surface area contributed by atoms with E-state index in [4.69, 9.17) is 23.2 Å². The third-order valence-corrected chi connectivity index (χ3v) is 3.15. The van der Waals surface area contributed by atoms with Gasteiger partial charge in [0.25, 0.3) is 5.91 Å². The Morgan fingerprint density at radius 2 is 1.72 bits per heavy atom. The molecule has 0 bridgehead atoms. The van der Waals surface area contributed by atoms with E-state index in [9.17, 15) is 9.90 Å². The summed E-state index contributed by atoms with van der Waals surface area (Å²) in [7, 11) is 0. The third kappa shape index (κ3) is 2.58. The van der Waals surface area contributed by atoms with E-state index in [0.29, 0.717) is 5.56 Å². The van der Waals surface area contributed by atoms with Crippen molar-refractivity contribution in [2.75, 3.05) is 5.32 Å². The molecule has 18 heavy (non-hydrogen) atoms. The van der Waals surface area contributed by atoms with Crippen molar-refractivity contribution >= 4 is 34.8 Å². The lowest BCUT2D eigenvalue weighted by molar-refractivity contribution is 0.102. The summed E-state index contributed by atoms with van der Waals surface area (Å²) < 4.78 is 0. The molecule has 2 aromatic carbocycles. The Morgan fingerprint density at radius 3 is 2.39 bits per heavy atom. The number of nitrogens with one attached hydrogen (secondary N) is 1. The topological polar surface area (TPSA) is 49.3 Å². The number of anilines is 1. The molecule has 0 aromatic heterocycles. The third-order valence-electron chi connectivity index (χ3n) is 2.35. The molecule has 3 nitrogen and oxygen atoms in total. The molecule has 2 rings (SSSR count). The molecule has 0 aliphatic heterocycles. The molecule has 5 heteroatoms. The molecule has 1 amide bonds. The van der Waals surface area contributed by atoms with Gasteiger partial charge in [0.2, 0.25) is 0 Å². The van der Waals surface area contributed by atoms with Crippen LogP contribution in [-0.4, -0.2) is 11.0 Å². The van der Waals surface area contributed by atoms with Gasteiger partial charge in [-0.25, -0.2) is 0 Å². The zero-order chi connectivity index (χ0) is 13.1. The fourth-order valence-electron chi connectivity index (χ4n) is 1.43. The molecule has 2 N–H and O–H groups in total. The summed E-state index contributed by atoms with van der Waals surface area (Å²) >= 11 is 11.7. The summed E-state index contributed by atoms with van der Waals surface area (Å²) in [5.41, 5.74) is 0.575. The van der Waals surface area contributed by atoms with Crippen molar-refractivity contribution in [3.63, 3.8) is 0 Å². The number of halogens is 2. The van der Waals surface area contributed by atoms with Gasteiger partial charge in [0, 0.05) is 5.56 Å². The van der Waals surface area contributed by atoms with Crippen molar-refractivity contribution in [2.24, 2.45) is 0 Å². The molecular formula is C13H9Cl2NO2. The maximum absolute atomic E-state index is 11.9. The van der Waals surface area contributed by atoms with Crippen LogP contribution in [-0.2, 0) is 0 Å². The van der Waals surface area contributed by atoms with Crippen LogP contribution in [0.15, 0.2) is 42.5 Å². The number of carbonyl (C=O) groups excluding carboxylic acids is 1. The number of phenolic OH excluding ortho intramolecular Hbond substituents is 1. The second-order valence-corrected chi connectivity index (χ2v) is 4.36. The molecule has 2 aromatic rings. The van der Waals surface area contributed by atoms with Gasteiger partial charge in [-0.15, -0.1) is 0 Å². The summed E-state index contributed by atoms with van der Waals surface area (Å²) in [6, 6.07) is 11.4. The molecule has 0 heterocycles. The first-order valence-electron chi connectivity index (χ1n) is 5.13. The number of rotatable bonds is 2. The van der Waals surface area contributed by atoms with Crippen LogP contribution in [0.1, 0.15) is 10.4 Å². The van der Waals surface area contributed by atoms with Crippen LogP contribution in [0.5, 0.6) is 5.75 Å². The van der Waals surface area contributed by atoms with Gasteiger partial charge in [-0.2, -0.15) is 0 Å². The highest BCUT2D eigenvalue weighted by molar-refractivity contribution is 6.44. The normalized spacial score (nSPS) is 10.1. The summed E-state index contributed by atoms with van der Waals surface area (Å²) in [6.45, 7) is 0. The van der Waals surface area contributed by atoms with E-state index in [-0.39, 0.29) is 27.4 Å². The lowest BCUT2D eigenvalue weighted by Gasteiger charge is -2.10. The van der Waals surface area contributed by atoms with Crippen molar-refractivity contribution in [3.05, 3.63) is 58.1 Å². The molecule has 0 fully saturated rings. The van der Waals surface area contributed by atoms with E-state index in [1.807, 2.05) is 0 Å². The summed E-state index contributed by atoms with van der Waals surface area (Å²) in [4.78, 5) is 11.9. The minimum absolute atomic E-state index is 0.109. The second kappa shape index (κ2) is 5.29. The van der Waals surface area contributed by atoms with E-state index >= 15 is 0 Å². The number of amides is 1. The number of carbonyl (C=O) groups is 1. The molecule has 0 atom stereocenters. The Bertz CT molecular complexity index is 585. The number of aromatic hydroxyl groups is 1. The van der Waals surface area contributed by atoms with Crippen molar-refractivity contribution in [3.8, 4) is 5.75 Å². The molecule has 0 aliphatic carbocycles. The van der Waals surface area contributed by atoms with Crippen molar-refractivity contribution in [1.82, 2.24) is 0 Å². The lowest BCUT2D eigenvalue weighted by Crippen LogP contribution is -2.12. The molecule has 0 radical (unpaired) electrons.